The van der Waals surface area contributed by atoms with Crippen LogP contribution in [0.15, 0.2) is 0 Å². The van der Waals surface area contributed by atoms with Crippen molar-refractivity contribution >= 4 is 8.56 Å². The highest BCUT2D eigenvalue weighted by Gasteiger charge is 2.27. The zero-order valence-corrected chi connectivity index (χ0v) is 11.7. The molecule has 0 spiro atoms. The summed E-state index contributed by atoms with van der Waals surface area (Å²) >= 11 is 0. The van der Waals surface area contributed by atoms with Crippen LogP contribution in [-0.4, -0.2) is 53.6 Å². The zero-order valence-electron chi connectivity index (χ0n) is 10.7. The van der Waals surface area contributed by atoms with Gasteiger partial charge < -0.3 is 25.0 Å². The first-order valence-electron chi connectivity index (χ1n) is 5.76. The number of nitrogens with two attached hydrogens (primary N) is 1. The fourth-order valence-corrected chi connectivity index (χ4v) is 2.86. The molecule has 1 unspecified atom stereocenters. The van der Waals surface area contributed by atoms with E-state index in [4.69, 9.17) is 19.7 Å². The first kappa shape index (κ1) is 16.0. The molecular formula is C10H26N2O3Si. The minimum absolute atomic E-state index is 0.178. The van der Waals surface area contributed by atoms with E-state index >= 15 is 0 Å². The predicted octanol–water partition coefficient (Wildman–Crippen LogP) is 0.0406. The van der Waals surface area contributed by atoms with E-state index in [1.54, 1.807) is 14.2 Å². The van der Waals surface area contributed by atoms with Gasteiger partial charge in [-0.2, -0.15) is 0 Å². The molecule has 0 bridgehead atoms. The van der Waals surface area contributed by atoms with Crippen LogP contribution in [0.25, 0.3) is 0 Å². The maximum Gasteiger partial charge on any atom is 0.334 e. The molecule has 0 heterocycles. The minimum Gasteiger partial charge on any atom is -0.398 e. The maximum atomic E-state index is 8.80. The first-order chi connectivity index (χ1) is 7.61. The molecular weight excluding hydrogens is 224 g/mol. The van der Waals surface area contributed by atoms with Crippen LogP contribution in [0.5, 0.6) is 0 Å². The van der Waals surface area contributed by atoms with Gasteiger partial charge in [-0.15, -0.1) is 0 Å². The Labute approximate surface area is 99.6 Å². The van der Waals surface area contributed by atoms with E-state index in [1.807, 2.05) is 0 Å². The topological polar surface area (TPSA) is 76.7 Å². The second-order valence-corrected chi connectivity index (χ2v) is 7.63. The summed E-state index contributed by atoms with van der Waals surface area (Å²) in [5, 5.41) is 12.1. The Bertz CT molecular complexity index is 168. The summed E-state index contributed by atoms with van der Waals surface area (Å²) in [4.78, 5) is 0. The molecule has 0 aliphatic rings. The maximum absolute atomic E-state index is 8.80. The summed E-state index contributed by atoms with van der Waals surface area (Å²) in [6.07, 6.45) is 1.71. The fraction of sp³-hybridized carbons (Fsp3) is 1.00. The van der Waals surface area contributed by atoms with Crippen LogP contribution < -0.4 is 11.1 Å². The summed E-state index contributed by atoms with van der Waals surface area (Å²) in [5.74, 6) is 0. The van der Waals surface area contributed by atoms with Gasteiger partial charge in [-0.3, -0.25) is 0 Å². The SMILES string of the molecule is CO[Si](C)(CCCNC(CN)CCO)OC. The first-order valence-corrected chi connectivity index (χ1v) is 8.29. The molecule has 0 amide bonds. The second-order valence-electron chi connectivity index (χ2n) is 4.04. The van der Waals surface area contributed by atoms with Gasteiger partial charge in [-0.05, 0) is 32.0 Å². The normalized spacial score (nSPS) is 14.1. The van der Waals surface area contributed by atoms with E-state index in [2.05, 4.69) is 11.9 Å². The lowest BCUT2D eigenvalue weighted by Crippen LogP contribution is -2.40. The molecule has 0 aromatic heterocycles. The summed E-state index contributed by atoms with van der Waals surface area (Å²) in [5.41, 5.74) is 5.56. The molecule has 0 radical (unpaired) electrons. The molecule has 0 fully saturated rings. The van der Waals surface area contributed by atoms with E-state index in [1.165, 1.54) is 0 Å². The van der Waals surface area contributed by atoms with E-state index in [0.717, 1.165) is 19.0 Å². The van der Waals surface area contributed by atoms with Crippen LogP contribution in [-0.2, 0) is 8.85 Å². The van der Waals surface area contributed by atoms with Crippen LogP contribution in [0.3, 0.4) is 0 Å². The Balaban J connectivity index is 3.65. The fourth-order valence-electron chi connectivity index (χ4n) is 1.46. The van der Waals surface area contributed by atoms with Gasteiger partial charge >= 0.3 is 8.56 Å². The number of rotatable bonds is 10. The average Bonchev–Trinajstić information content (AvgIpc) is 2.32. The van der Waals surface area contributed by atoms with Crippen molar-refractivity contribution in [3.05, 3.63) is 0 Å². The molecule has 6 heteroatoms. The van der Waals surface area contributed by atoms with E-state index in [-0.39, 0.29) is 12.6 Å². The molecule has 4 N–H and O–H groups in total. The van der Waals surface area contributed by atoms with E-state index < -0.39 is 8.56 Å². The molecule has 0 saturated carbocycles. The monoisotopic (exact) mass is 250 g/mol. The quantitative estimate of drug-likeness (QED) is 0.377. The van der Waals surface area contributed by atoms with Gasteiger partial charge in [0.15, 0.2) is 0 Å². The van der Waals surface area contributed by atoms with Crippen molar-refractivity contribution in [2.45, 2.75) is 31.5 Å². The predicted molar refractivity (Wildman–Crippen MR) is 67.6 cm³/mol. The molecule has 16 heavy (non-hydrogen) atoms. The number of aliphatic hydroxyl groups is 1. The van der Waals surface area contributed by atoms with Crippen LogP contribution in [0.1, 0.15) is 12.8 Å². The van der Waals surface area contributed by atoms with Crippen molar-refractivity contribution in [2.24, 2.45) is 5.73 Å². The largest absolute Gasteiger partial charge is 0.398 e. The highest BCUT2D eigenvalue weighted by atomic mass is 28.4. The van der Waals surface area contributed by atoms with Crippen molar-refractivity contribution in [2.75, 3.05) is 33.9 Å². The standard InChI is InChI=1S/C10H26N2O3Si/c1-14-16(3,15-2)8-4-6-12-10(9-11)5-7-13/h10,12-13H,4-9,11H2,1-3H3. The summed E-state index contributed by atoms with van der Waals surface area (Å²) in [6.45, 7) is 3.68. The lowest BCUT2D eigenvalue weighted by atomic mass is 10.2. The van der Waals surface area contributed by atoms with Crippen LogP contribution in [0.2, 0.25) is 12.6 Å². The number of nitrogens with one attached hydrogen (secondary N) is 1. The van der Waals surface area contributed by atoms with Gasteiger partial charge in [0, 0.05) is 33.4 Å². The van der Waals surface area contributed by atoms with E-state index in [0.29, 0.717) is 13.0 Å². The number of hydrogen-bond donors (Lipinski definition) is 3. The van der Waals surface area contributed by atoms with Gasteiger partial charge in [0.2, 0.25) is 0 Å². The molecule has 0 aliphatic carbocycles. The van der Waals surface area contributed by atoms with E-state index in [9.17, 15) is 0 Å². The van der Waals surface area contributed by atoms with Gasteiger partial charge in [-0.1, -0.05) is 0 Å². The molecule has 0 aromatic carbocycles. The Morgan fingerprint density at radius 1 is 1.38 bits per heavy atom. The third kappa shape index (κ3) is 6.57. The van der Waals surface area contributed by atoms with Crippen LogP contribution in [0, 0.1) is 0 Å². The Morgan fingerprint density at radius 3 is 2.44 bits per heavy atom. The zero-order chi connectivity index (χ0) is 12.4. The summed E-state index contributed by atoms with van der Waals surface area (Å²) < 4.78 is 10.8. The average molecular weight is 250 g/mol. The Morgan fingerprint density at radius 2 is 2.00 bits per heavy atom. The molecule has 0 saturated heterocycles. The molecule has 1 atom stereocenters. The van der Waals surface area contributed by atoms with Crippen molar-refractivity contribution < 1.29 is 14.0 Å². The lowest BCUT2D eigenvalue weighted by Gasteiger charge is -2.23. The number of aliphatic hydroxyl groups excluding tert-OH is 1. The van der Waals surface area contributed by atoms with Gasteiger partial charge in [0.05, 0.1) is 0 Å². The lowest BCUT2D eigenvalue weighted by molar-refractivity contribution is 0.247. The number of hydrogen-bond acceptors (Lipinski definition) is 5. The highest BCUT2D eigenvalue weighted by Crippen LogP contribution is 2.12. The highest BCUT2D eigenvalue weighted by molar-refractivity contribution is 6.65. The molecule has 0 aromatic rings. The van der Waals surface area contributed by atoms with Crippen LogP contribution in [0.4, 0.5) is 0 Å². The van der Waals surface area contributed by atoms with Gasteiger partial charge in [0.1, 0.15) is 0 Å². The van der Waals surface area contributed by atoms with Crippen LogP contribution >= 0.6 is 0 Å². The summed E-state index contributed by atoms with van der Waals surface area (Å²) in [6, 6.07) is 1.17. The second kappa shape index (κ2) is 9.09. The third-order valence-corrected chi connectivity index (χ3v) is 5.86. The summed E-state index contributed by atoms with van der Waals surface area (Å²) in [7, 11) is 1.49. The Hall–Kier alpha value is 0.0169. The van der Waals surface area contributed by atoms with Crippen molar-refractivity contribution in [3.8, 4) is 0 Å². The van der Waals surface area contributed by atoms with Crippen molar-refractivity contribution in [3.63, 3.8) is 0 Å². The smallest absolute Gasteiger partial charge is 0.334 e. The Kier molecular flexibility index (Phi) is 9.10. The molecule has 0 rings (SSSR count). The minimum atomic E-state index is -1.92. The molecule has 5 nitrogen and oxygen atoms in total. The molecule has 0 aliphatic heterocycles. The van der Waals surface area contributed by atoms with Gasteiger partial charge in [0.25, 0.3) is 0 Å². The van der Waals surface area contributed by atoms with Crippen molar-refractivity contribution in [1.82, 2.24) is 5.32 Å². The van der Waals surface area contributed by atoms with Gasteiger partial charge in [-0.25, -0.2) is 0 Å². The van der Waals surface area contributed by atoms with Crippen molar-refractivity contribution in [1.29, 1.82) is 0 Å². The molecule has 98 valence electrons. The third-order valence-electron chi connectivity index (χ3n) is 2.87.